The highest BCUT2D eigenvalue weighted by molar-refractivity contribution is 5.76. The zero-order valence-corrected chi connectivity index (χ0v) is 10.6. The van der Waals surface area contributed by atoms with Crippen molar-refractivity contribution in [3.63, 3.8) is 0 Å². The van der Waals surface area contributed by atoms with E-state index in [-0.39, 0.29) is 17.6 Å². The van der Waals surface area contributed by atoms with Gasteiger partial charge in [0.1, 0.15) is 11.6 Å². The van der Waals surface area contributed by atoms with Crippen LogP contribution in [-0.2, 0) is 9.53 Å². The molecule has 0 radical (unpaired) electrons. The van der Waals surface area contributed by atoms with Crippen molar-refractivity contribution in [2.45, 2.75) is 70.6 Å². The quantitative estimate of drug-likeness (QED) is 0.696. The number of esters is 1. The number of ether oxygens (including phenoxy) is 1. The molecular formula is C13H23NO2. The number of rotatable bonds is 1. The summed E-state index contributed by atoms with van der Waals surface area (Å²) in [6.45, 7) is 5.77. The molecule has 3 atom stereocenters. The van der Waals surface area contributed by atoms with E-state index in [9.17, 15) is 4.79 Å². The summed E-state index contributed by atoms with van der Waals surface area (Å²) in [6.07, 6.45) is 6.10. The minimum atomic E-state index is -0.369. The number of carbonyl (C=O) groups is 1. The monoisotopic (exact) mass is 225 g/mol. The molecule has 1 N–H and O–H groups in total. The van der Waals surface area contributed by atoms with Crippen LogP contribution in [-0.4, -0.2) is 23.7 Å². The molecule has 2 rings (SSSR count). The van der Waals surface area contributed by atoms with Gasteiger partial charge in [-0.3, -0.25) is 4.79 Å². The second-order valence-electron chi connectivity index (χ2n) is 6.14. The third-order valence-electron chi connectivity index (χ3n) is 3.55. The summed E-state index contributed by atoms with van der Waals surface area (Å²) in [4.78, 5) is 11.9. The van der Waals surface area contributed by atoms with Crippen LogP contribution in [0, 0.1) is 5.92 Å². The van der Waals surface area contributed by atoms with E-state index < -0.39 is 0 Å². The Morgan fingerprint density at radius 1 is 1.25 bits per heavy atom. The third-order valence-corrected chi connectivity index (χ3v) is 3.55. The summed E-state index contributed by atoms with van der Waals surface area (Å²) >= 11 is 0. The van der Waals surface area contributed by atoms with Gasteiger partial charge in [-0.1, -0.05) is 12.8 Å². The zero-order valence-electron chi connectivity index (χ0n) is 10.6. The molecule has 1 heterocycles. The molecule has 3 unspecified atom stereocenters. The highest BCUT2D eigenvalue weighted by atomic mass is 16.6. The van der Waals surface area contributed by atoms with Gasteiger partial charge in [-0.15, -0.1) is 0 Å². The predicted molar refractivity (Wildman–Crippen MR) is 63.1 cm³/mol. The molecule has 0 bridgehead atoms. The van der Waals surface area contributed by atoms with Crippen LogP contribution in [0.2, 0.25) is 0 Å². The highest BCUT2D eigenvalue weighted by Gasteiger charge is 2.39. The van der Waals surface area contributed by atoms with E-state index >= 15 is 0 Å². The Labute approximate surface area is 97.9 Å². The minimum absolute atomic E-state index is 0.0627. The fourth-order valence-corrected chi connectivity index (χ4v) is 2.88. The molecule has 1 saturated carbocycles. The van der Waals surface area contributed by atoms with Crippen LogP contribution >= 0.6 is 0 Å². The maximum absolute atomic E-state index is 11.9. The lowest BCUT2D eigenvalue weighted by atomic mass is 9.85. The van der Waals surface area contributed by atoms with Crippen LogP contribution in [0.25, 0.3) is 0 Å². The molecule has 3 nitrogen and oxygen atoms in total. The molecule has 16 heavy (non-hydrogen) atoms. The Balaban J connectivity index is 1.90. The molecule has 2 fully saturated rings. The number of hydrogen-bond acceptors (Lipinski definition) is 3. The van der Waals surface area contributed by atoms with Crippen LogP contribution in [0.15, 0.2) is 0 Å². The lowest BCUT2D eigenvalue weighted by Crippen LogP contribution is -2.40. The van der Waals surface area contributed by atoms with E-state index in [4.69, 9.17) is 4.74 Å². The lowest BCUT2D eigenvalue weighted by molar-refractivity contribution is -0.157. The second kappa shape index (κ2) is 4.36. The van der Waals surface area contributed by atoms with Crippen LogP contribution in [0.5, 0.6) is 0 Å². The molecule has 1 aliphatic carbocycles. The minimum Gasteiger partial charge on any atom is -0.459 e. The second-order valence-corrected chi connectivity index (χ2v) is 6.14. The normalized spacial score (nSPS) is 34.6. The molecule has 1 aliphatic heterocycles. The first kappa shape index (κ1) is 11.9. The van der Waals surface area contributed by atoms with E-state index in [1.165, 1.54) is 25.7 Å². The van der Waals surface area contributed by atoms with E-state index in [1.807, 2.05) is 20.8 Å². The summed E-state index contributed by atoms with van der Waals surface area (Å²) in [5.74, 6) is 0.633. The van der Waals surface area contributed by atoms with Gasteiger partial charge in [0.15, 0.2) is 0 Å². The maximum Gasteiger partial charge on any atom is 0.323 e. The van der Waals surface area contributed by atoms with Crippen molar-refractivity contribution in [1.82, 2.24) is 5.32 Å². The van der Waals surface area contributed by atoms with Crippen molar-refractivity contribution < 1.29 is 9.53 Å². The standard InChI is InChI=1S/C13H23NO2/c1-13(2,3)16-12(15)11-8-9-6-4-5-7-10(9)14-11/h9-11,14H,4-8H2,1-3H3. The van der Waals surface area contributed by atoms with Crippen LogP contribution in [0.4, 0.5) is 0 Å². The number of nitrogens with one attached hydrogen (secondary N) is 1. The van der Waals surface area contributed by atoms with Crippen LogP contribution in [0.1, 0.15) is 52.9 Å². The van der Waals surface area contributed by atoms with Crippen molar-refractivity contribution in [1.29, 1.82) is 0 Å². The first-order valence-electron chi connectivity index (χ1n) is 6.44. The zero-order chi connectivity index (χ0) is 11.8. The van der Waals surface area contributed by atoms with Gasteiger partial charge in [0.05, 0.1) is 0 Å². The van der Waals surface area contributed by atoms with E-state index in [2.05, 4.69) is 5.32 Å². The van der Waals surface area contributed by atoms with Crippen LogP contribution < -0.4 is 5.32 Å². The molecule has 2 aliphatic rings. The predicted octanol–water partition coefficient (Wildman–Crippen LogP) is 2.25. The van der Waals surface area contributed by atoms with Gasteiger partial charge in [-0.05, 0) is 46.0 Å². The van der Waals surface area contributed by atoms with Gasteiger partial charge < -0.3 is 10.1 Å². The summed E-state index contributed by atoms with van der Waals surface area (Å²) in [6, 6.07) is 0.499. The van der Waals surface area contributed by atoms with Gasteiger partial charge >= 0.3 is 5.97 Å². The van der Waals surface area contributed by atoms with Crippen molar-refractivity contribution in [3.8, 4) is 0 Å². The average Bonchev–Trinajstić information content (AvgIpc) is 2.58. The third kappa shape index (κ3) is 2.76. The maximum atomic E-state index is 11.9. The SMILES string of the molecule is CC(C)(C)OC(=O)C1CC2CCCCC2N1. The molecule has 0 aromatic carbocycles. The van der Waals surface area contributed by atoms with Crippen molar-refractivity contribution in [2.75, 3.05) is 0 Å². The number of carbonyl (C=O) groups excluding carboxylic acids is 1. The fraction of sp³-hybridized carbons (Fsp3) is 0.923. The molecule has 0 amide bonds. The Morgan fingerprint density at radius 3 is 2.56 bits per heavy atom. The van der Waals surface area contributed by atoms with Gasteiger partial charge in [-0.25, -0.2) is 0 Å². The Kier molecular flexibility index (Phi) is 3.24. The van der Waals surface area contributed by atoms with Crippen LogP contribution in [0.3, 0.4) is 0 Å². The lowest BCUT2D eigenvalue weighted by Gasteiger charge is -2.24. The summed E-state index contributed by atoms with van der Waals surface area (Å²) < 4.78 is 5.43. The van der Waals surface area contributed by atoms with Crippen molar-refractivity contribution in [3.05, 3.63) is 0 Å². The van der Waals surface area contributed by atoms with Gasteiger partial charge in [0, 0.05) is 6.04 Å². The van der Waals surface area contributed by atoms with E-state index in [0.717, 1.165) is 6.42 Å². The Bertz CT molecular complexity index is 256. The van der Waals surface area contributed by atoms with Gasteiger partial charge in [-0.2, -0.15) is 0 Å². The fourth-order valence-electron chi connectivity index (χ4n) is 2.88. The number of hydrogen-bond donors (Lipinski definition) is 1. The van der Waals surface area contributed by atoms with E-state index in [0.29, 0.717) is 12.0 Å². The molecule has 0 spiro atoms. The number of fused-ring (bicyclic) bond motifs is 1. The van der Waals surface area contributed by atoms with Gasteiger partial charge in [0.2, 0.25) is 0 Å². The molecular weight excluding hydrogens is 202 g/mol. The molecule has 0 aromatic heterocycles. The van der Waals surface area contributed by atoms with Crippen molar-refractivity contribution in [2.24, 2.45) is 5.92 Å². The highest BCUT2D eigenvalue weighted by Crippen LogP contribution is 2.33. The topological polar surface area (TPSA) is 38.3 Å². The first-order valence-corrected chi connectivity index (χ1v) is 6.44. The largest absolute Gasteiger partial charge is 0.459 e. The molecule has 92 valence electrons. The average molecular weight is 225 g/mol. The molecule has 1 saturated heterocycles. The smallest absolute Gasteiger partial charge is 0.323 e. The summed E-state index contributed by atoms with van der Waals surface area (Å²) in [7, 11) is 0. The molecule has 3 heteroatoms. The molecule has 0 aromatic rings. The summed E-state index contributed by atoms with van der Waals surface area (Å²) in [5, 5.41) is 3.44. The van der Waals surface area contributed by atoms with Crippen molar-refractivity contribution >= 4 is 5.97 Å². The Hall–Kier alpha value is -0.570. The van der Waals surface area contributed by atoms with Gasteiger partial charge in [0.25, 0.3) is 0 Å². The summed E-state index contributed by atoms with van der Waals surface area (Å²) in [5.41, 5.74) is -0.369. The first-order chi connectivity index (χ1) is 7.46. The van der Waals surface area contributed by atoms with E-state index in [1.54, 1.807) is 0 Å². The Morgan fingerprint density at radius 2 is 1.94 bits per heavy atom.